The maximum Gasteiger partial charge on any atom is 0.258 e. The van der Waals surface area contributed by atoms with Crippen molar-refractivity contribution in [2.45, 2.75) is 25.9 Å². The number of carbonyl (C=O) groups is 1. The number of rotatable bonds is 7. The maximum atomic E-state index is 13.2. The summed E-state index contributed by atoms with van der Waals surface area (Å²) in [6.45, 7) is 3.82. The quantitative estimate of drug-likeness (QED) is 0.793. The topological polar surface area (TPSA) is 73.6 Å². The molecule has 0 fully saturated rings. The number of hydrogen-bond donors (Lipinski definition) is 2. The number of benzene rings is 1. The van der Waals surface area contributed by atoms with Crippen LogP contribution in [-0.4, -0.2) is 32.3 Å². The summed E-state index contributed by atoms with van der Waals surface area (Å²) in [5.74, 6) is -0.242. The van der Waals surface area contributed by atoms with Crippen molar-refractivity contribution in [3.8, 4) is 5.75 Å². The van der Waals surface area contributed by atoms with E-state index in [0.717, 1.165) is 0 Å². The van der Waals surface area contributed by atoms with Crippen molar-refractivity contribution in [2.75, 3.05) is 20.3 Å². The molecule has 0 aromatic heterocycles. The molecule has 1 rings (SSSR count). The van der Waals surface area contributed by atoms with Crippen LogP contribution in [0.2, 0.25) is 0 Å². The molecule has 1 aromatic rings. The number of halogens is 1. The predicted molar refractivity (Wildman–Crippen MR) is 74.0 cm³/mol. The molecular formula is C14H21FN2O3. The van der Waals surface area contributed by atoms with Crippen LogP contribution in [-0.2, 0) is 9.53 Å². The first-order chi connectivity index (χ1) is 9.43. The monoisotopic (exact) mass is 284 g/mol. The highest BCUT2D eigenvalue weighted by Gasteiger charge is 2.12. The molecule has 1 aromatic carbocycles. The van der Waals surface area contributed by atoms with Crippen molar-refractivity contribution in [1.29, 1.82) is 0 Å². The lowest BCUT2D eigenvalue weighted by atomic mass is 10.1. The summed E-state index contributed by atoms with van der Waals surface area (Å²) in [6.07, 6.45) is 0. The summed E-state index contributed by atoms with van der Waals surface area (Å²) in [4.78, 5) is 11.7. The van der Waals surface area contributed by atoms with E-state index in [1.165, 1.54) is 18.2 Å². The molecule has 5 nitrogen and oxygen atoms in total. The third kappa shape index (κ3) is 5.14. The van der Waals surface area contributed by atoms with Gasteiger partial charge in [0.05, 0.1) is 6.61 Å². The highest BCUT2D eigenvalue weighted by molar-refractivity contribution is 5.77. The zero-order valence-electron chi connectivity index (χ0n) is 12.0. The fraction of sp³-hybridized carbons (Fsp3) is 0.500. The van der Waals surface area contributed by atoms with E-state index in [-0.39, 0.29) is 30.4 Å². The first-order valence-electron chi connectivity index (χ1n) is 6.40. The SMILES string of the molecule is COCC(C)NC(=O)COc1ccc(F)cc1[C@@H](C)N. The molecule has 6 heteroatoms. The zero-order valence-corrected chi connectivity index (χ0v) is 12.0. The van der Waals surface area contributed by atoms with Crippen molar-refractivity contribution in [1.82, 2.24) is 5.32 Å². The number of amides is 1. The summed E-state index contributed by atoms with van der Waals surface area (Å²) in [7, 11) is 1.56. The molecule has 20 heavy (non-hydrogen) atoms. The minimum atomic E-state index is -0.386. The molecular weight excluding hydrogens is 263 g/mol. The lowest BCUT2D eigenvalue weighted by Gasteiger charge is -2.16. The molecule has 3 N–H and O–H groups in total. The van der Waals surface area contributed by atoms with E-state index in [1.807, 2.05) is 6.92 Å². The zero-order chi connectivity index (χ0) is 15.1. The standard InChI is InChI=1S/C14H21FN2O3/c1-9(7-19-3)17-14(18)8-20-13-5-4-11(15)6-12(13)10(2)16/h4-6,9-10H,7-8,16H2,1-3H3,(H,17,18)/t9?,10-/m1/s1. The Kier molecular flexibility index (Phi) is 6.41. The molecule has 0 bridgehead atoms. The fourth-order valence-corrected chi connectivity index (χ4v) is 1.76. The van der Waals surface area contributed by atoms with Gasteiger partial charge >= 0.3 is 0 Å². The highest BCUT2D eigenvalue weighted by Crippen LogP contribution is 2.24. The van der Waals surface area contributed by atoms with Crippen LogP contribution in [0.15, 0.2) is 18.2 Å². The van der Waals surface area contributed by atoms with Crippen LogP contribution < -0.4 is 15.8 Å². The minimum absolute atomic E-state index is 0.0998. The average molecular weight is 284 g/mol. The minimum Gasteiger partial charge on any atom is -0.483 e. The van der Waals surface area contributed by atoms with Gasteiger partial charge in [0.1, 0.15) is 11.6 Å². The number of nitrogens with one attached hydrogen (secondary N) is 1. The summed E-state index contributed by atoms with van der Waals surface area (Å²) in [6, 6.07) is 3.58. The molecule has 0 aliphatic carbocycles. The molecule has 112 valence electrons. The smallest absolute Gasteiger partial charge is 0.258 e. The van der Waals surface area contributed by atoms with E-state index in [4.69, 9.17) is 15.2 Å². The second kappa shape index (κ2) is 7.81. The van der Waals surface area contributed by atoms with Crippen molar-refractivity contribution in [2.24, 2.45) is 5.73 Å². The fourth-order valence-electron chi connectivity index (χ4n) is 1.76. The lowest BCUT2D eigenvalue weighted by molar-refractivity contribution is -0.124. The molecule has 0 aliphatic rings. The van der Waals surface area contributed by atoms with Gasteiger partial charge in [0.15, 0.2) is 6.61 Å². The van der Waals surface area contributed by atoms with Crippen LogP contribution in [0.25, 0.3) is 0 Å². The molecule has 1 unspecified atom stereocenters. The Morgan fingerprint density at radius 2 is 2.15 bits per heavy atom. The van der Waals surface area contributed by atoms with E-state index in [2.05, 4.69) is 5.32 Å². The summed E-state index contributed by atoms with van der Waals surface area (Å²) in [5, 5.41) is 2.72. The Morgan fingerprint density at radius 1 is 1.45 bits per heavy atom. The molecule has 0 aliphatic heterocycles. The first kappa shape index (κ1) is 16.4. The Labute approximate surface area is 118 Å². The molecule has 1 amide bonds. The maximum absolute atomic E-state index is 13.2. The number of nitrogens with two attached hydrogens (primary N) is 1. The van der Waals surface area contributed by atoms with E-state index < -0.39 is 0 Å². The molecule has 0 saturated carbocycles. The first-order valence-corrected chi connectivity index (χ1v) is 6.40. The van der Waals surface area contributed by atoms with Crippen molar-refractivity contribution in [3.05, 3.63) is 29.6 Å². The molecule has 2 atom stereocenters. The predicted octanol–water partition coefficient (Wildman–Crippen LogP) is 1.38. The Balaban J connectivity index is 2.59. The van der Waals surface area contributed by atoms with Gasteiger partial charge in [0.25, 0.3) is 5.91 Å². The van der Waals surface area contributed by atoms with Gasteiger partial charge in [-0.05, 0) is 32.0 Å². The van der Waals surface area contributed by atoms with Crippen LogP contribution >= 0.6 is 0 Å². The van der Waals surface area contributed by atoms with Crippen molar-refractivity contribution < 1.29 is 18.7 Å². The Hall–Kier alpha value is -1.66. The molecule has 0 radical (unpaired) electrons. The van der Waals surface area contributed by atoms with Crippen LogP contribution in [0, 0.1) is 5.82 Å². The van der Waals surface area contributed by atoms with Gasteiger partial charge in [-0.25, -0.2) is 4.39 Å². The van der Waals surface area contributed by atoms with Gasteiger partial charge < -0.3 is 20.5 Å². The van der Waals surface area contributed by atoms with E-state index in [9.17, 15) is 9.18 Å². The third-order valence-corrected chi connectivity index (χ3v) is 2.65. The van der Waals surface area contributed by atoms with E-state index in [0.29, 0.717) is 17.9 Å². The number of methoxy groups -OCH3 is 1. The largest absolute Gasteiger partial charge is 0.483 e. The molecule has 0 heterocycles. The van der Waals surface area contributed by atoms with Gasteiger partial charge in [-0.3, -0.25) is 4.79 Å². The van der Waals surface area contributed by atoms with Gasteiger partial charge in [-0.1, -0.05) is 0 Å². The van der Waals surface area contributed by atoms with Crippen LogP contribution in [0.3, 0.4) is 0 Å². The van der Waals surface area contributed by atoms with Crippen LogP contribution in [0.4, 0.5) is 4.39 Å². The second-order valence-electron chi connectivity index (χ2n) is 4.68. The van der Waals surface area contributed by atoms with Crippen LogP contribution in [0.1, 0.15) is 25.5 Å². The van der Waals surface area contributed by atoms with Crippen molar-refractivity contribution >= 4 is 5.91 Å². The average Bonchev–Trinajstić information content (AvgIpc) is 2.37. The summed E-state index contributed by atoms with van der Waals surface area (Å²) < 4.78 is 23.5. The highest BCUT2D eigenvalue weighted by atomic mass is 19.1. The number of ether oxygens (including phenoxy) is 2. The van der Waals surface area contributed by atoms with Crippen LogP contribution in [0.5, 0.6) is 5.75 Å². The number of carbonyl (C=O) groups excluding carboxylic acids is 1. The molecule has 0 saturated heterocycles. The Morgan fingerprint density at radius 3 is 2.75 bits per heavy atom. The molecule has 0 spiro atoms. The number of hydrogen-bond acceptors (Lipinski definition) is 4. The summed E-state index contributed by atoms with van der Waals surface area (Å²) >= 11 is 0. The normalized spacial score (nSPS) is 13.7. The van der Waals surface area contributed by atoms with Gasteiger partial charge in [0.2, 0.25) is 0 Å². The van der Waals surface area contributed by atoms with Gasteiger partial charge in [-0.15, -0.1) is 0 Å². The summed E-state index contributed by atoms with van der Waals surface area (Å²) in [5.41, 5.74) is 6.28. The second-order valence-corrected chi connectivity index (χ2v) is 4.68. The van der Waals surface area contributed by atoms with Crippen molar-refractivity contribution in [3.63, 3.8) is 0 Å². The van der Waals surface area contributed by atoms with E-state index in [1.54, 1.807) is 14.0 Å². The third-order valence-electron chi connectivity index (χ3n) is 2.65. The Bertz CT molecular complexity index is 452. The van der Waals surface area contributed by atoms with E-state index >= 15 is 0 Å². The lowest BCUT2D eigenvalue weighted by Crippen LogP contribution is -2.38. The van der Waals surface area contributed by atoms with Gasteiger partial charge in [-0.2, -0.15) is 0 Å². The van der Waals surface area contributed by atoms with Gasteiger partial charge in [0, 0.05) is 24.8 Å².